The molecule has 0 heterocycles. The van der Waals surface area contributed by atoms with Gasteiger partial charge in [0.1, 0.15) is 5.75 Å². The fourth-order valence-electron chi connectivity index (χ4n) is 2.60. The Kier molecular flexibility index (Phi) is 7.64. The van der Waals surface area contributed by atoms with Crippen LogP contribution in [-0.2, 0) is 5.41 Å². The summed E-state index contributed by atoms with van der Waals surface area (Å²) in [4.78, 5) is 12.3. The molecule has 0 aromatic heterocycles. The van der Waals surface area contributed by atoms with Gasteiger partial charge in [-0.05, 0) is 29.5 Å². The van der Waals surface area contributed by atoms with Crippen LogP contribution in [0.1, 0.15) is 95.0 Å². The Labute approximate surface area is 135 Å². The van der Waals surface area contributed by atoms with Crippen LogP contribution >= 0.6 is 0 Å². The molecule has 0 aliphatic carbocycles. The molecule has 0 unspecified atom stereocenters. The van der Waals surface area contributed by atoms with E-state index >= 15 is 0 Å². The van der Waals surface area contributed by atoms with Gasteiger partial charge in [-0.2, -0.15) is 0 Å². The molecule has 0 aliphatic rings. The summed E-state index contributed by atoms with van der Waals surface area (Å²) in [5.41, 5.74) is 1.56. The predicted octanol–water partition coefficient (Wildman–Crippen LogP) is 6.01. The second-order valence-corrected chi connectivity index (χ2v) is 7.28. The first-order valence-corrected chi connectivity index (χ1v) is 8.73. The Balaban J connectivity index is 2.48. The molecule has 0 bridgehead atoms. The summed E-state index contributed by atoms with van der Waals surface area (Å²) >= 11 is 0. The number of rotatable bonds is 9. The van der Waals surface area contributed by atoms with Crippen molar-refractivity contribution in [3.8, 4) is 5.75 Å². The molecule has 0 fully saturated rings. The zero-order valence-electron chi connectivity index (χ0n) is 14.7. The molecule has 0 atom stereocenters. The Bertz CT molecular complexity index is 469. The smallest absolute Gasteiger partial charge is 0.166 e. The number of hydrogen-bond acceptors (Lipinski definition) is 2. The lowest BCUT2D eigenvalue weighted by Gasteiger charge is -2.20. The van der Waals surface area contributed by atoms with Crippen LogP contribution in [0.15, 0.2) is 18.2 Å². The van der Waals surface area contributed by atoms with E-state index in [-0.39, 0.29) is 16.9 Å². The molecular weight excluding hydrogens is 272 g/mol. The van der Waals surface area contributed by atoms with Crippen molar-refractivity contribution in [3.63, 3.8) is 0 Å². The van der Waals surface area contributed by atoms with E-state index in [0.29, 0.717) is 12.0 Å². The Hall–Kier alpha value is -1.31. The van der Waals surface area contributed by atoms with Crippen LogP contribution in [0.3, 0.4) is 0 Å². The van der Waals surface area contributed by atoms with Crippen LogP contribution in [0.4, 0.5) is 0 Å². The molecule has 0 saturated heterocycles. The number of phenols is 1. The average molecular weight is 304 g/mol. The van der Waals surface area contributed by atoms with E-state index in [1.807, 2.05) is 12.1 Å². The van der Waals surface area contributed by atoms with Crippen LogP contribution in [0.5, 0.6) is 5.75 Å². The molecule has 0 amide bonds. The molecule has 0 aliphatic heterocycles. The zero-order chi connectivity index (χ0) is 16.6. The quantitative estimate of drug-likeness (QED) is 0.448. The van der Waals surface area contributed by atoms with Gasteiger partial charge in [0.05, 0.1) is 5.56 Å². The van der Waals surface area contributed by atoms with E-state index in [4.69, 9.17) is 0 Å². The molecule has 2 heteroatoms. The van der Waals surface area contributed by atoms with Gasteiger partial charge in [0, 0.05) is 6.42 Å². The maximum Gasteiger partial charge on any atom is 0.166 e. The Morgan fingerprint density at radius 1 is 1.00 bits per heavy atom. The van der Waals surface area contributed by atoms with Crippen molar-refractivity contribution in [2.75, 3.05) is 0 Å². The molecule has 2 nitrogen and oxygen atoms in total. The van der Waals surface area contributed by atoms with Crippen LogP contribution in [-0.4, -0.2) is 10.9 Å². The zero-order valence-corrected chi connectivity index (χ0v) is 14.7. The van der Waals surface area contributed by atoms with Gasteiger partial charge in [0.2, 0.25) is 0 Å². The van der Waals surface area contributed by atoms with Gasteiger partial charge in [-0.25, -0.2) is 0 Å². The van der Waals surface area contributed by atoms with Gasteiger partial charge in [0.15, 0.2) is 5.78 Å². The Morgan fingerprint density at radius 3 is 2.18 bits per heavy atom. The van der Waals surface area contributed by atoms with Gasteiger partial charge in [-0.3, -0.25) is 4.79 Å². The first kappa shape index (κ1) is 18.7. The highest BCUT2D eigenvalue weighted by Gasteiger charge is 2.18. The standard InChI is InChI=1S/C20H32O2/c1-5-6-7-8-9-10-11-12-18(21)17-15-16(20(2,3)4)13-14-19(17)22/h13-15,22H,5-12H2,1-4H3. The highest BCUT2D eigenvalue weighted by molar-refractivity contribution is 5.98. The lowest BCUT2D eigenvalue weighted by Crippen LogP contribution is -2.12. The van der Waals surface area contributed by atoms with E-state index in [2.05, 4.69) is 27.7 Å². The second-order valence-electron chi connectivity index (χ2n) is 7.28. The summed E-state index contributed by atoms with van der Waals surface area (Å²) in [6.45, 7) is 8.56. The third-order valence-corrected chi connectivity index (χ3v) is 4.17. The van der Waals surface area contributed by atoms with Crippen LogP contribution in [0, 0.1) is 0 Å². The number of phenolic OH excluding ortho intramolecular Hbond substituents is 1. The predicted molar refractivity (Wildman–Crippen MR) is 93.7 cm³/mol. The van der Waals surface area contributed by atoms with Crippen molar-refractivity contribution in [3.05, 3.63) is 29.3 Å². The SMILES string of the molecule is CCCCCCCCCC(=O)c1cc(C(C)(C)C)ccc1O. The number of Topliss-reactive ketones (excluding diaryl/α,β-unsaturated/α-hetero) is 1. The normalized spacial score (nSPS) is 11.6. The number of benzene rings is 1. The van der Waals surface area contributed by atoms with Gasteiger partial charge in [-0.15, -0.1) is 0 Å². The molecule has 0 radical (unpaired) electrons. The van der Waals surface area contributed by atoms with Gasteiger partial charge in [-0.1, -0.05) is 72.3 Å². The van der Waals surface area contributed by atoms with Gasteiger partial charge >= 0.3 is 0 Å². The number of ketones is 1. The molecule has 124 valence electrons. The van der Waals surface area contributed by atoms with Crippen molar-refractivity contribution in [2.24, 2.45) is 0 Å². The fraction of sp³-hybridized carbons (Fsp3) is 0.650. The Morgan fingerprint density at radius 2 is 1.59 bits per heavy atom. The summed E-state index contributed by atoms with van der Waals surface area (Å²) in [5, 5.41) is 9.95. The topological polar surface area (TPSA) is 37.3 Å². The third-order valence-electron chi connectivity index (χ3n) is 4.17. The van der Waals surface area contributed by atoms with Crippen molar-refractivity contribution < 1.29 is 9.90 Å². The van der Waals surface area contributed by atoms with Crippen molar-refractivity contribution >= 4 is 5.78 Å². The molecule has 1 N–H and O–H groups in total. The first-order chi connectivity index (χ1) is 10.4. The molecule has 0 saturated carbocycles. The molecule has 22 heavy (non-hydrogen) atoms. The summed E-state index contributed by atoms with van der Waals surface area (Å²) in [6, 6.07) is 5.41. The largest absolute Gasteiger partial charge is 0.507 e. The summed E-state index contributed by atoms with van der Waals surface area (Å²) < 4.78 is 0. The fourth-order valence-corrected chi connectivity index (χ4v) is 2.60. The van der Waals surface area contributed by atoms with E-state index in [0.717, 1.165) is 18.4 Å². The van der Waals surface area contributed by atoms with E-state index in [9.17, 15) is 9.90 Å². The summed E-state index contributed by atoms with van der Waals surface area (Å²) in [5.74, 6) is 0.179. The minimum atomic E-state index is -0.0119. The lowest BCUT2D eigenvalue weighted by atomic mass is 9.85. The average Bonchev–Trinajstić information content (AvgIpc) is 2.45. The van der Waals surface area contributed by atoms with Crippen LogP contribution < -0.4 is 0 Å². The number of carbonyl (C=O) groups is 1. The third kappa shape index (κ3) is 6.21. The van der Waals surface area contributed by atoms with Crippen molar-refractivity contribution in [1.82, 2.24) is 0 Å². The lowest BCUT2D eigenvalue weighted by molar-refractivity contribution is 0.0976. The molecule has 1 aromatic carbocycles. The highest BCUT2D eigenvalue weighted by Crippen LogP contribution is 2.28. The minimum absolute atomic E-state index is 0.0119. The number of carbonyl (C=O) groups excluding carboxylic acids is 1. The van der Waals surface area contributed by atoms with E-state index in [1.165, 1.54) is 32.1 Å². The van der Waals surface area contributed by atoms with Crippen LogP contribution in [0.25, 0.3) is 0 Å². The summed E-state index contributed by atoms with van der Waals surface area (Å²) in [6.07, 6.45) is 8.93. The van der Waals surface area contributed by atoms with Crippen molar-refractivity contribution in [1.29, 1.82) is 0 Å². The van der Waals surface area contributed by atoms with Gasteiger partial charge < -0.3 is 5.11 Å². The molecule has 1 rings (SSSR count). The van der Waals surface area contributed by atoms with E-state index in [1.54, 1.807) is 6.07 Å². The highest BCUT2D eigenvalue weighted by atomic mass is 16.3. The number of aromatic hydroxyl groups is 1. The first-order valence-electron chi connectivity index (χ1n) is 8.73. The summed E-state index contributed by atoms with van der Waals surface area (Å²) in [7, 11) is 0. The monoisotopic (exact) mass is 304 g/mol. The van der Waals surface area contributed by atoms with Crippen molar-refractivity contribution in [2.45, 2.75) is 84.5 Å². The maximum absolute atomic E-state index is 12.3. The minimum Gasteiger partial charge on any atom is -0.507 e. The van der Waals surface area contributed by atoms with Gasteiger partial charge in [0.25, 0.3) is 0 Å². The molecule has 0 spiro atoms. The molecule has 1 aromatic rings. The maximum atomic E-state index is 12.3. The second kappa shape index (κ2) is 8.97. The molecular formula is C20H32O2. The number of hydrogen-bond donors (Lipinski definition) is 1. The van der Waals surface area contributed by atoms with Crippen LogP contribution in [0.2, 0.25) is 0 Å². The van der Waals surface area contributed by atoms with E-state index < -0.39 is 0 Å². The number of unbranched alkanes of at least 4 members (excludes halogenated alkanes) is 6.